The lowest BCUT2D eigenvalue weighted by Gasteiger charge is -2.08. The molecule has 2 aromatic carbocycles. The van der Waals surface area contributed by atoms with E-state index in [4.69, 9.17) is 0 Å². The lowest BCUT2D eigenvalue weighted by molar-refractivity contribution is -0.384. The summed E-state index contributed by atoms with van der Waals surface area (Å²) >= 11 is 0. The summed E-state index contributed by atoms with van der Waals surface area (Å²) in [7, 11) is 0. The molecule has 0 saturated carbocycles. The molecule has 0 unspecified atom stereocenters. The van der Waals surface area contributed by atoms with Crippen LogP contribution in [0.3, 0.4) is 0 Å². The lowest BCUT2D eigenvalue weighted by Crippen LogP contribution is -2.02. The van der Waals surface area contributed by atoms with Crippen LogP contribution < -0.4 is 5.32 Å². The smallest absolute Gasteiger partial charge is 0.271 e. The Morgan fingerprint density at radius 1 is 1.14 bits per heavy atom. The maximum absolute atomic E-state index is 13.5. The summed E-state index contributed by atoms with van der Waals surface area (Å²) in [6, 6.07) is 8.70. The molecule has 0 saturated heterocycles. The highest BCUT2D eigenvalue weighted by molar-refractivity contribution is 5.52. The Morgan fingerprint density at radius 3 is 2.38 bits per heavy atom. The van der Waals surface area contributed by atoms with Crippen molar-refractivity contribution in [3.05, 3.63) is 69.5 Å². The van der Waals surface area contributed by atoms with E-state index in [0.717, 1.165) is 18.2 Å². The minimum absolute atomic E-state index is 0.0119. The van der Waals surface area contributed by atoms with Crippen LogP contribution in [-0.2, 0) is 6.54 Å². The van der Waals surface area contributed by atoms with E-state index in [1.807, 2.05) is 0 Å². The average molecular weight is 296 g/mol. The zero-order valence-corrected chi connectivity index (χ0v) is 10.7. The summed E-state index contributed by atoms with van der Waals surface area (Å²) in [6.45, 7) is 0.168. The second kappa shape index (κ2) is 6.25. The predicted octanol–water partition coefficient (Wildman–Crippen LogP) is 4.28. The molecule has 2 rings (SSSR count). The fourth-order valence-corrected chi connectivity index (χ4v) is 1.74. The van der Waals surface area contributed by atoms with Gasteiger partial charge < -0.3 is 5.32 Å². The monoisotopic (exact) mass is 296 g/mol. The van der Waals surface area contributed by atoms with Crippen molar-refractivity contribution in [1.29, 1.82) is 0 Å². The predicted molar refractivity (Wildman–Crippen MR) is 71.8 cm³/mol. The molecule has 0 aliphatic carbocycles. The minimum Gasteiger partial charge on any atom is -0.378 e. The highest BCUT2D eigenvalue weighted by Crippen LogP contribution is 2.22. The van der Waals surface area contributed by atoms with Gasteiger partial charge in [0.15, 0.2) is 0 Å². The van der Waals surface area contributed by atoms with Crippen molar-refractivity contribution in [1.82, 2.24) is 0 Å². The van der Waals surface area contributed by atoms with Crippen LogP contribution in [0.4, 0.5) is 24.5 Å². The molecular weight excluding hydrogens is 285 g/mol. The number of alkyl halides is 2. The Balaban J connectivity index is 2.09. The molecule has 7 heteroatoms. The van der Waals surface area contributed by atoms with Crippen molar-refractivity contribution in [2.45, 2.75) is 13.0 Å². The van der Waals surface area contributed by atoms with Gasteiger partial charge in [0.2, 0.25) is 0 Å². The molecule has 0 bridgehead atoms. The van der Waals surface area contributed by atoms with Gasteiger partial charge in [0.05, 0.1) is 10.6 Å². The van der Waals surface area contributed by atoms with Crippen LogP contribution >= 0.6 is 0 Å². The van der Waals surface area contributed by atoms with Gasteiger partial charge in [-0.05, 0) is 11.6 Å². The SMILES string of the molecule is O=[N+]([O-])c1ccc(F)c(NCc2ccc(C(F)F)cc2)c1. The number of nitrogens with one attached hydrogen (secondary N) is 1. The maximum Gasteiger partial charge on any atom is 0.271 e. The van der Waals surface area contributed by atoms with E-state index in [0.29, 0.717) is 5.56 Å². The first kappa shape index (κ1) is 14.8. The van der Waals surface area contributed by atoms with Crippen LogP contribution in [0.5, 0.6) is 0 Å². The first-order chi connectivity index (χ1) is 9.97. The Morgan fingerprint density at radius 2 is 1.81 bits per heavy atom. The number of anilines is 1. The van der Waals surface area contributed by atoms with Gasteiger partial charge in [-0.2, -0.15) is 0 Å². The zero-order chi connectivity index (χ0) is 15.4. The Labute approximate surface area is 118 Å². The standard InChI is InChI=1S/C14H11F3N2O2/c15-12-6-5-11(19(20)21)7-13(12)18-8-9-1-3-10(4-2-9)14(16)17/h1-7,14,18H,8H2. The van der Waals surface area contributed by atoms with Crippen molar-refractivity contribution in [2.24, 2.45) is 0 Å². The summed E-state index contributed by atoms with van der Waals surface area (Å²) in [6.07, 6.45) is -2.54. The van der Waals surface area contributed by atoms with E-state index < -0.39 is 17.2 Å². The summed E-state index contributed by atoms with van der Waals surface area (Å²) in [5.74, 6) is -0.621. The van der Waals surface area contributed by atoms with Crippen LogP contribution in [-0.4, -0.2) is 4.92 Å². The number of rotatable bonds is 5. The van der Waals surface area contributed by atoms with Crippen molar-refractivity contribution < 1.29 is 18.1 Å². The molecule has 2 aromatic rings. The third-order valence-corrected chi connectivity index (χ3v) is 2.88. The van der Waals surface area contributed by atoms with Crippen molar-refractivity contribution >= 4 is 11.4 Å². The fraction of sp³-hybridized carbons (Fsp3) is 0.143. The molecule has 0 aromatic heterocycles. The number of halogens is 3. The molecule has 0 spiro atoms. The van der Waals surface area contributed by atoms with E-state index in [1.54, 1.807) is 0 Å². The summed E-state index contributed by atoms with van der Waals surface area (Å²) in [5.41, 5.74) is 0.319. The molecule has 0 atom stereocenters. The van der Waals surface area contributed by atoms with E-state index in [1.165, 1.54) is 24.3 Å². The van der Waals surface area contributed by atoms with Crippen molar-refractivity contribution in [3.63, 3.8) is 0 Å². The first-order valence-electron chi connectivity index (χ1n) is 6.02. The van der Waals surface area contributed by atoms with E-state index in [2.05, 4.69) is 5.32 Å². The number of hydrogen-bond acceptors (Lipinski definition) is 3. The molecule has 1 N–H and O–H groups in total. The second-order valence-electron chi connectivity index (χ2n) is 4.32. The number of nitrogens with zero attached hydrogens (tertiary/aromatic N) is 1. The maximum atomic E-state index is 13.5. The number of non-ortho nitro benzene ring substituents is 1. The van der Waals surface area contributed by atoms with E-state index in [-0.39, 0.29) is 23.5 Å². The Kier molecular flexibility index (Phi) is 4.42. The third kappa shape index (κ3) is 3.71. The Hall–Kier alpha value is -2.57. The number of nitro benzene ring substituents is 1. The minimum atomic E-state index is -2.54. The summed E-state index contributed by atoms with van der Waals surface area (Å²) < 4.78 is 38.3. The fourth-order valence-electron chi connectivity index (χ4n) is 1.74. The normalized spacial score (nSPS) is 10.7. The molecule has 0 amide bonds. The van der Waals surface area contributed by atoms with Gasteiger partial charge in [0.25, 0.3) is 12.1 Å². The van der Waals surface area contributed by atoms with Gasteiger partial charge in [-0.3, -0.25) is 10.1 Å². The van der Waals surface area contributed by atoms with Crippen LogP contribution in [0, 0.1) is 15.9 Å². The molecule has 21 heavy (non-hydrogen) atoms. The Bertz CT molecular complexity index is 645. The number of nitro groups is 1. The third-order valence-electron chi connectivity index (χ3n) is 2.88. The highest BCUT2D eigenvalue weighted by Gasteiger charge is 2.11. The van der Waals surface area contributed by atoms with Gasteiger partial charge in [0.1, 0.15) is 5.82 Å². The topological polar surface area (TPSA) is 55.2 Å². The number of hydrogen-bond donors (Lipinski definition) is 1. The number of benzene rings is 2. The molecule has 0 heterocycles. The highest BCUT2D eigenvalue weighted by atomic mass is 19.3. The van der Waals surface area contributed by atoms with Crippen LogP contribution in [0.2, 0.25) is 0 Å². The van der Waals surface area contributed by atoms with Crippen molar-refractivity contribution in [3.8, 4) is 0 Å². The molecule has 0 fully saturated rings. The van der Waals surface area contributed by atoms with Gasteiger partial charge in [-0.1, -0.05) is 24.3 Å². The molecule has 0 radical (unpaired) electrons. The summed E-state index contributed by atoms with van der Waals surface area (Å²) in [4.78, 5) is 10.0. The van der Waals surface area contributed by atoms with Crippen LogP contribution in [0.25, 0.3) is 0 Å². The van der Waals surface area contributed by atoms with Gasteiger partial charge in [-0.15, -0.1) is 0 Å². The largest absolute Gasteiger partial charge is 0.378 e. The zero-order valence-electron chi connectivity index (χ0n) is 10.7. The van der Waals surface area contributed by atoms with E-state index >= 15 is 0 Å². The van der Waals surface area contributed by atoms with E-state index in [9.17, 15) is 23.3 Å². The molecule has 4 nitrogen and oxygen atoms in total. The first-order valence-corrected chi connectivity index (χ1v) is 6.02. The van der Waals surface area contributed by atoms with Gasteiger partial charge in [0, 0.05) is 24.2 Å². The van der Waals surface area contributed by atoms with Gasteiger partial charge in [-0.25, -0.2) is 13.2 Å². The lowest BCUT2D eigenvalue weighted by atomic mass is 10.1. The molecule has 0 aliphatic heterocycles. The second-order valence-corrected chi connectivity index (χ2v) is 4.32. The molecule has 0 aliphatic rings. The van der Waals surface area contributed by atoms with Crippen LogP contribution in [0.1, 0.15) is 17.6 Å². The quantitative estimate of drug-likeness (QED) is 0.661. The average Bonchev–Trinajstić information content (AvgIpc) is 2.46. The summed E-state index contributed by atoms with van der Waals surface area (Å²) in [5, 5.41) is 13.3. The molecule has 110 valence electrons. The van der Waals surface area contributed by atoms with Crippen LogP contribution in [0.15, 0.2) is 42.5 Å². The van der Waals surface area contributed by atoms with Crippen molar-refractivity contribution in [2.75, 3.05) is 5.32 Å². The van der Waals surface area contributed by atoms with Gasteiger partial charge >= 0.3 is 0 Å². The molecular formula is C14H11F3N2O2.